The first-order valence-electron chi connectivity index (χ1n) is 11.8. The molecular weight excluding hydrogens is 436 g/mol. The summed E-state index contributed by atoms with van der Waals surface area (Å²) in [6.45, 7) is 9.87. The molecule has 0 N–H and O–H groups in total. The van der Waals surface area contributed by atoms with Crippen LogP contribution in [0.1, 0.15) is 13.8 Å². The Labute approximate surface area is 200 Å². The van der Waals surface area contributed by atoms with Crippen LogP contribution in [0.4, 0.5) is 21.0 Å². The van der Waals surface area contributed by atoms with Gasteiger partial charge in [-0.2, -0.15) is 0 Å². The number of aromatic nitrogens is 2. The first-order valence-corrected chi connectivity index (χ1v) is 11.8. The van der Waals surface area contributed by atoms with E-state index in [0.29, 0.717) is 39.4 Å². The Morgan fingerprint density at radius 1 is 0.706 bits per heavy atom. The molecule has 2 aromatic rings. The second kappa shape index (κ2) is 11.0. The lowest BCUT2D eigenvalue weighted by atomic mass is 10.2. The molecule has 0 spiro atoms. The monoisotopic (exact) mass is 468 g/mol. The summed E-state index contributed by atoms with van der Waals surface area (Å²) < 4.78 is 10.2. The van der Waals surface area contributed by atoms with E-state index in [2.05, 4.69) is 19.8 Å². The lowest BCUT2D eigenvalue weighted by Crippen LogP contribution is -2.49. The third-order valence-corrected chi connectivity index (χ3v) is 6.09. The summed E-state index contributed by atoms with van der Waals surface area (Å²) in [7, 11) is 0. The average Bonchev–Trinajstić information content (AvgIpc) is 2.89. The fraction of sp³-hybridized carbons (Fsp3) is 0.500. The Bertz CT molecular complexity index is 907. The molecule has 2 saturated heterocycles. The molecule has 2 aromatic heterocycles. The van der Waals surface area contributed by atoms with Gasteiger partial charge in [-0.3, -0.25) is 9.97 Å². The Morgan fingerprint density at radius 3 is 1.44 bits per heavy atom. The zero-order chi connectivity index (χ0) is 23.9. The molecule has 182 valence electrons. The van der Waals surface area contributed by atoms with Crippen molar-refractivity contribution < 1.29 is 19.1 Å². The summed E-state index contributed by atoms with van der Waals surface area (Å²) in [5, 5.41) is 0. The summed E-state index contributed by atoms with van der Waals surface area (Å²) in [5.41, 5.74) is 3.72. The topological polar surface area (TPSA) is 91.3 Å². The van der Waals surface area contributed by atoms with Crippen LogP contribution in [0.25, 0.3) is 11.4 Å². The van der Waals surface area contributed by atoms with E-state index >= 15 is 0 Å². The van der Waals surface area contributed by atoms with Gasteiger partial charge in [0.2, 0.25) is 0 Å². The summed E-state index contributed by atoms with van der Waals surface area (Å²) in [5.74, 6) is 0. The number of pyridine rings is 2. The second-order valence-electron chi connectivity index (χ2n) is 8.14. The van der Waals surface area contributed by atoms with Gasteiger partial charge in [0.25, 0.3) is 0 Å². The van der Waals surface area contributed by atoms with Crippen LogP contribution in [0.3, 0.4) is 0 Å². The highest BCUT2D eigenvalue weighted by Gasteiger charge is 2.24. The van der Waals surface area contributed by atoms with Crippen molar-refractivity contribution in [2.24, 2.45) is 0 Å². The molecule has 0 unspecified atom stereocenters. The molecule has 10 heteroatoms. The number of nitrogens with zero attached hydrogens (tertiary/aromatic N) is 6. The summed E-state index contributed by atoms with van der Waals surface area (Å²) >= 11 is 0. The highest BCUT2D eigenvalue weighted by atomic mass is 16.6. The number of anilines is 2. The number of hydrogen-bond acceptors (Lipinski definition) is 8. The zero-order valence-electron chi connectivity index (χ0n) is 19.9. The maximum Gasteiger partial charge on any atom is 0.409 e. The highest BCUT2D eigenvalue weighted by molar-refractivity contribution is 5.70. The third-order valence-electron chi connectivity index (χ3n) is 6.09. The SMILES string of the molecule is CCOC(=O)N1CCN(c2ccnc(-c3cc(N4CCN(C(=O)OCC)CC4)ccn3)c2)CC1. The molecular formula is C24H32N6O4. The van der Waals surface area contributed by atoms with Gasteiger partial charge < -0.3 is 29.1 Å². The van der Waals surface area contributed by atoms with Crippen molar-refractivity contribution >= 4 is 23.6 Å². The van der Waals surface area contributed by atoms with Crippen LogP contribution in [-0.2, 0) is 9.47 Å². The number of carbonyl (C=O) groups excluding carboxylic acids is 2. The molecule has 0 aliphatic carbocycles. The quantitative estimate of drug-likeness (QED) is 0.662. The summed E-state index contributed by atoms with van der Waals surface area (Å²) in [6.07, 6.45) is 3.10. The van der Waals surface area contributed by atoms with Crippen LogP contribution in [0, 0.1) is 0 Å². The molecule has 2 amide bonds. The van der Waals surface area contributed by atoms with Crippen LogP contribution in [-0.4, -0.2) is 97.5 Å². The van der Waals surface area contributed by atoms with Gasteiger partial charge in [0.05, 0.1) is 24.6 Å². The zero-order valence-corrected chi connectivity index (χ0v) is 19.9. The van der Waals surface area contributed by atoms with Gasteiger partial charge >= 0.3 is 12.2 Å². The molecule has 2 fully saturated rings. The minimum Gasteiger partial charge on any atom is -0.450 e. The van der Waals surface area contributed by atoms with Crippen LogP contribution >= 0.6 is 0 Å². The van der Waals surface area contributed by atoms with Gasteiger partial charge in [0.1, 0.15) is 0 Å². The first-order chi connectivity index (χ1) is 16.6. The molecule has 0 saturated carbocycles. The van der Waals surface area contributed by atoms with Crippen molar-refractivity contribution in [3.63, 3.8) is 0 Å². The van der Waals surface area contributed by atoms with Crippen molar-refractivity contribution in [3.8, 4) is 11.4 Å². The summed E-state index contributed by atoms with van der Waals surface area (Å²) in [4.78, 5) is 41.0. The van der Waals surface area contributed by atoms with Crippen molar-refractivity contribution in [3.05, 3.63) is 36.7 Å². The van der Waals surface area contributed by atoms with Crippen LogP contribution < -0.4 is 9.80 Å². The van der Waals surface area contributed by atoms with E-state index in [9.17, 15) is 9.59 Å². The number of piperazine rings is 2. The summed E-state index contributed by atoms with van der Waals surface area (Å²) in [6, 6.07) is 8.07. The number of rotatable bonds is 5. The molecule has 34 heavy (non-hydrogen) atoms. The molecule has 4 heterocycles. The van der Waals surface area contributed by atoms with Crippen LogP contribution in [0.2, 0.25) is 0 Å². The standard InChI is InChI=1S/C24H32N6O4/c1-3-33-23(31)29-13-9-27(10-14-29)19-5-7-25-21(17-19)22-18-20(6-8-26-22)28-11-15-30(16-12-28)24(32)34-4-2/h5-8,17-18H,3-4,9-16H2,1-2H3. The van der Waals surface area contributed by atoms with Crippen molar-refractivity contribution in [2.45, 2.75) is 13.8 Å². The lowest BCUT2D eigenvalue weighted by molar-refractivity contribution is 0.104. The Morgan fingerprint density at radius 2 is 1.09 bits per heavy atom. The predicted molar refractivity (Wildman–Crippen MR) is 129 cm³/mol. The van der Waals surface area contributed by atoms with Gasteiger partial charge in [-0.25, -0.2) is 9.59 Å². The molecule has 4 rings (SSSR count). The number of carbonyl (C=O) groups is 2. The van der Waals surface area contributed by atoms with Gasteiger partial charge in [0, 0.05) is 76.1 Å². The van der Waals surface area contributed by atoms with E-state index in [-0.39, 0.29) is 12.2 Å². The Hall–Kier alpha value is -3.56. The van der Waals surface area contributed by atoms with Crippen molar-refractivity contribution in [1.29, 1.82) is 0 Å². The van der Waals surface area contributed by atoms with Gasteiger partial charge in [-0.05, 0) is 38.1 Å². The number of amides is 2. The van der Waals surface area contributed by atoms with Gasteiger partial charge in [-0.1, -0.05) is 0 Å². The maximum atomic E-state index is 12.0. The first kappa shape index (κ1) is 23.6. The molecule has 0 aromatic carbocycles. The Balaban J connectivity index is 1.40. The molecule has 0 radical (unpaired) electrons. The number of ether oxygens (including phenoxy) is 2. The smallest absolute Gasteiger partial charge is 0.409 e. The van der Waals surface area contributed by atoms with Crippen molar-refractivity contribution in [2.75, 3.05) is 75.4 Å². The molecule has 2 aliphatic heterocycles. The number of hydrogen-bond donors (Lipinski definition) is 0. The van der Waals surface area contributed by atoms with Crippen molar-refractivity contribution in [1.82, 2.24) is 19.8 Å². The third kappa shape index (κ3) is 5.49. The fourth-order valence-corrected chi connectivity index (χ4v) is 4.24. The molecule has 0 atom stereocenters. The van der Waals surface area contributed by atoms with E-state index in [1.54, 1.807) is 22.2 Å². The lowest BCUT2D eigenvalue weighted by Gasteiger charge is -2.35. The molecule has 0 bridgehead atoms. The van der Waals surface area contributed by atoms with E-state index in [0.717, 1.165) is 48.9 Å². The Kier molecular flexibility index (Phi) is 7.66. The highest BCUT2D eigenvalue weighted by Crippen LogP contribution is 2.26. The largest absolute Gasteiger partial charge is 0.450 e. The fourth-order valence-electron chi connectivity index (χ4n) is 4.24. The normalized spacial score (nSPS) is 16.4. The van der Waals surface area contributed by atoms with Crippen LogP contribution in [0.15, 0.2) is 36.7 Å². The minimum atomic E-state index is -0.248. The molecule has 10 nitrogen and oxygen atoms in total. The van der Waals surface area contributed by atoms with E-state index in [1.807, 2.05) is 38.1 Å². The minimum absolute atomic E-state index is 0.248. The average molecular weight is 469 g/mol. The van der Waals surface area contributed by atoms with Gasteiger partial charge in [-0.15, -0.1) is 0 Å². The second-order valence-corrected chi connectivity index (χ2v) is 8.14. The molecule has 2 aliphatic rings. The predicted octanol–water partition coefficient (Wildman–Crippen LogP) is 2.70. The van der Waals surface area contributed by atoms with Crippen LogP contribution in [0.5, 0.6) is 0 Å². The van der Waals surface area contributed by atoms with Gasteiger partial charge in [0.15, 0.2) is 0 Å². The van der Waals surface area contributed by atoms with E-state index < -0.39 is 0 Å². The maximum absolute atomic E-state index is 12.0. The van der Waals surface area contributed by atoms with E-state index in [4.69, 9.17) is 9.47 Å². The van der Waals surface area contributed by atoms with E-state index in [1.165, 1.54) is 0 Å².